The average molecular weight is 303 g/mol. The van der Waals surface area contributed by atoms with Crippen LogP contribution in [0.15, 0.2) is 48.5 Å². The molecule has 0 radical (unpaired) electrons. The number of halogens is 1. The molecule has 0 saturated heterocycles. The Hall–Kier alpha value is -2.00. The zero-order valence-electron chi connectivity index (χ0n) is 12.3. The van der Waals surface area contributed by atoms with E-state index in [0.29, 0.717) is 11.6 Å². The number of carbonyl (C=O) groups excluding carboxylic acids is 1. The molecule has 0 unspecified atom stereocenters. The van der Waals surface area contributed by atoms with E-state index < -0.39 is 0 Å². The quantitative estimate of drug-likeness (QED) is 0.913. The van der Waals surface area contributed by atoms with Crippen LogP contribution in [0.1, 0.15) is 11.1 Å². The van der Waals surface area contributed by atoms with Gasteiger partial charge in [0.15, 0.2) is 0 Å². The van der Waals surface area contributed by atoms with Crippen LogP contribution in [0.4, 0.5) is 5.69 Å². The van der Waals surface area contributed by atoms with E-state index in [1.54, 1.807) is 4.90 Å². The first-order valence-corrected chi connectivity index (χ1v) is 7.22. The number of likely N-dealkylation sites (N-methyl/N-ethyl adjacent to an activating group) is 1. The molecule has 0 aliphatic carbocycles. The van der Waals surface area contributed by atoms with Crippen LogP contribution >= 0.6 is 11.6 Å². The van der Waals surface area contributed by atoms with E-state index in [1.165, 1.54) is 0 Å². The lowest BCUT2D eigenvalue weighted by atomic mass is 10.2. The van der Waals surface area contributed by atoms with Gasteiger partial charge in [0, 0.05) is 24.3 Å². The second kappa shape index (κ2) is 7.14. The van der Waals surface area contributed by atoms with Gasteiger partial charge in [0.2, 0.25) is 5.91 Å². The predicted molar refractivity (Wildman–Crippen MR) is 87.6 cm³/mol. The molecular weight excluding hydrogens is 284 g/mol. The summed E-state index contributed by atoms with van der Waals surface area (Å²) in [6.07, 6.45) is 0. The van der Waals surface area contributed by atoms with Gasteiger partial charge in [-0.1, -0.05) is 48.0 Å². The van der Waals surface area contributed by atoms with Crippen LogP contribution in [0.5, 0.6) is 0 Å². The Balaban J connectivity index is 1.91. The predicted octanol–water partition coefficient (Wildman–Crippen LogP) is 3.72. The largest absolute Gasteiger partial charge is 0.376 e. The first-order valence-electron chi connectivity index (χ1n) is 6.85. The third-order valence-electron chi connectivity index (χ3n) is 3.39. The molecule has 0 saturated carbocycles. The summed E-state index contributed by atoms with van der Waals surface area (Å²) in [7, 11) is 1.81. The molecule has 0 bridgehead atoms. The van der Waals surface area contributed by atoms with Gasteiger partial charge in [0.1, 0.15) is 0 Å². The summed E-state index contributed by atoms with van der Waals surface area (Å²) in [5.41, 5.74) is 2.97. The normalized spacial score (nSPS) is 10.2. The van der Waals surface area contributed by atoms with E-state index in [9.17, 15) is 4.79 Å². The fourth-order valence-corrected chi connectivity index (χ4v) is 2.22. The van der Waals surface area contributed by atoms with E-state index in [-0.39, 0.29) is 12.5 Å². The van der Waals surface area contributed by atoms with Crippen molar-refractivity contribution in [3.8, 4) is 0 Å². The zero-order valence-corrected chi connectivity index (χ0v) is 13.0. The molecule has 0 atom stereocenters. The van der Waals surface area contributed by atoms with Gasteiger partial charge in [-0.2, -0.15) is 0 Å². The lowest BCUT2D eigenvalue weighted by molar-refractivity contribution is -0.128. The number of nitrogens with one attached hydrogen (secondary N) is 1. The summed E-state index contributed by atoms with van der Waals surface area (Å²) >= 11 is 6.06. The van der Waals surface area contributed by atoms with Gasteiger partial charge in [-0.05, 0) is 30.2 Å². The van der Waals surface area contributed by atoms with Crippen molar-refractivity contribution in [2.24, 2.45) is 0 Å². The van der Waals surface area contributed by atoms with Gasteiger partial charge in [-0.25, -0.2) is 0 Å². The first-order chi connectivity index (χ1) is 10.1. The Kier molecular flexibility index (Phi) is 5.23. The number of nitrogens with zero attached hydrogens (tertiary/aromatic N) is 1. The van der Waals surface area contributed by atoms with Gasteiger partial charge in [-0.3, -0.25) is 4.79 Å². The molecule has 0 aliphatic heterocycles. The Morgan fingerprint density at radius 1 is 1.14 bits per heavy atom. The Labute approximate surface area is 130 Å². The maximum atomic E-state index is 12.1. The highest BCUT2D eigenvalue weighted by molar-refractivity contribution is 6.31. The Morgan fingerprint density at radius 2 is 1.86 bits per heavy atom. The summed E-state index contributed by atoms with van der Waals surface area (Å²) < 4.78 is 0. The average Bonchev–Trinajstić information content (AvgIpc) is 2.49. The molecule has 0 fully saturated rings. The van der Waals surface area contributed by atoms with E-state index >= 15 is 0 Å². The fourth-order valence-electron chi connectivity index (χ4n) is 2.05. The second-order valence-corrected chi connectivity index (χ2v) is 5.41. The van der Waals surface area contributed by atoms with Crippen molar-refractivity contribution in [1.82, 2.24) is 4.90 Å². The van der Waals surface area contributed by atoms with Crippen molar-refractivity contribution in [3.63, 3.8) is 0 Å². The minimum absolute atomic E-state index is 0.0400. The van der Waals surface area contributed by atoms with Gasteiger partial charge in [0.25, 0.3) is 0 Å². The van der Waals surface area contributed by atoms with E-state index in [4.69, 9.17) is 11.6 Å². The van der Waals surface area contributed by atoms with Crippen LogP contribution in [0.2, 0.25) is 5.02 Å². The van der Waals surface area contributed by atoms with Gasteiger partial charge < -0.3 is 10.2 Å². The standard InChI is InChI=1S/C17H19ClN2O/c1-13-15(18)9-6-10-16(13)19-11-17(21)20(2)12-14-7-4-3-5-8-14/h3-10,19H,11-12H2,1-2H3. The number of hydrogen-bond acceptors (Lipinski definition) is 2. The van der Waals surface area contributed by atoms with Crippen LogP contribution in [0, 0.1) is 6.92 Å². The van der Waals surface area contributed by atoms with Gasteiger partial charge >= 0.3 is 0 Å². The third-order valence-corrected chi connectivity index (χ3v) is 3.80. The fraction of sp³-hybridized carbons (Fsp3) is 0.235. The maximum Gasteiger partial charge on any atom is 0.241 e. The highest BCUT2D eigenvalue weighted by atomic mass is 35.5. The number of anilines is 1. The summed E-state index contributed by atoms with van der Waals surface area (Å²) in [6, 6.07) is 15.6. The summed E-state index contributed by atoms with van der Waals surface area (Å²) in [6.45, 7) is 2.79. The number of amides is 1. The van der Waals surface area contributed by atoms with Crippen molar-refractivity contribution in [2.45, 2.75) is 13.5 Å². The topological polar surface area (TPSA) is 32.3 Å². The van der Waals surface area contributed by atoms with Crippen molar-refractivity contribution in [2.75, 3.05) is 18.9 Å². The molecule has 2 rings (SSSR count). The van der Waals surface area contributed by atoms with Gasteiger partial charge in [0.05, 0.1) is 6.54 Å². The Bertz CT molecular complexity index is 613. The summed E-state index contributed by atoms with van der Waals surface area (Å²) in [4.78, 5) is 13.9. The van der Waals surface area contributed by atoms with E-state index in [1.807, 2.05) is 62.5 Å². The molecule has 21 heavy (non-hydrogen) atoms. The molecular formula is C17H19ClN2O. The maximum absolute atomic E-state index is 12.1. The molecule has 1 N–H and O–H groups in total. The van der Waals surface area contributed by atoms with Crippen LogP contribution in [-0.4, -0.2) is 24.4 Å². The summed E-state index contributed by atoms with van der Waals surface area (Å²) in [5.74, 6) is 0.0400. The smallest absolute Gasteiger partial charge is 0.241 e. The SMILES string of the molecule is Cc1c(Cl)cccc1NCC(=O)N(C)Cc1ccccc1. The second-order valence-electron chi connectivity index (χ2n) is 5.00. The van der Waals surface area contributed by atoms with E-state index in [0.717, 1.165) is 16.8 Å². The molecule has 110 valence electrons. The van der Waals surface area contributed by atoms with Crippen LogP contribution < -0.4 is 5.32 Å². The van der Waals surface area contributed by atoms with Gasteiger partial charge in [-0.15, -0.1) is 0 Å². The molecule has 4 heteroatoms. The van der Waals surface area contributed by atoms with Crippen molar-refractivity contribution < 1.29 is 4.79 Å². The minimum Gasteiger partial charge on any atom is -0.376 e. The molecule has 2 aromatic carbocycles. The molecule has 2 aromatic rings. The monoisotopic (exact) mass is 302 g/mol. The third kappa shape index (κ3) is 4.23. The van der Waals surface area contributed by atoms with Crippen LogP contribution in [0.3, 0.4) is 0 Å². The lowest BCUT2D eigenvalue weighted by Gasteiger charge is -2.18. The number of carbonyl (C=O) groups is 1. The number of benzene rings is 2. The molecule has 0 heterocycles. The molecule has 0 aliphatic rings. The number of rotatable bonds is 5. The molecule has 1 amide bonds. The molecule has 0 spiro atoms. The summed E-state index contributed by atoms with van der Waals surface area (Å²) in [5, 5.41) is 3.84. The van der Waals surface area contributed by atoms with Crippen LogP contribution in [0.25, 0.3) is 0 Å². The first kappa shape index (κ1) is 15.4. The van der Waals surface area contributed by atoms with Crippen molar-refractivity contribution in [3.05, 3.63) is 64.7 Å². The van der Waals surface area contributed by atoms with Crippen molar-refractivity contribution in [1.29, 1.82) is 0 Å². The van der Waals surface area contributed by atoms with E-state index in [2.05, 4.69) is 5.32 Å². The zero-order chi connectivity index (χ0) is 15.2. The molecule has 3 nitrogen and oxygen atoms in total. The van der Waals surface area contributed by atoms with Crippen molar-refractivity contribution >= 4 is 23.2 Å². The minimum atomic E-state index is 0.0400. The lowest BCUT2D eigenvalue weighted by Crippen LogP contribution is -2.31. The highest BCUT2D eigenvalue weighted by Crippen LogP contribution is 2.22. The molecule has 0 aromatic heterocycles. The Morgan fingerprint density at radius 3 is 2.57 bits per heavy atom. The van der Waals surface area contributed by atoms with Crippen LogP contribution in [-0.2, 0) is 11.3 Å². The highest BCUT2D eigenvalue weighted by Gasteiger charge is 2.10. The number of hydrogen-bond donors (Lipinski definition) is 1.